The molecule has 0 aromatic carbocycles. The largest absolute Gasteiger partial charge is 0.479 e. The maximum atomic E-state index is 12.9. The number of nitrogens with zero attached hydrogens (tertiary/aromatic N) is 1. The summed E-state index contributed by atoms with van der Waals surface area (Å²) in [6, 6.07) is 0. The normalized spacial score (nSPS) is 48.5. The van der Waals surface area contributed by atoms with E-state index in [0.717, 1.165) is 18.3 Å². The van der Waals surface area contributed by atoms with Gasteiger partial charge in [-0.2, -0.15) is 0 Å². The van der Waals surface area contributed by atoms with Gasteiger partial charge in [-0.15, -0.1) is 0 Å². The zero-order valence-corrected chi connectivity index (χ0v) is 12.0. The maximum absolute atomic E-state index is 12.9. The highest BCUT2D eigenvalue weighted by Crippen LogP contribution is 2.70. The van der Waals surface area contributed by atoms with Gasteiger partial charge in [0.05, 0.1) is 0 Å². The molecule has 1 N–H and O–H groups in total. The molecule has 3 aliphatic carbocycles. The van der Waals surface area contributed by atoms with Crippen LogP contribution in [0.25, 0.3) is 0 Å². The van der Waals surface area contributed by atoms with Crippen molar-refractivity contribution in [2.45, 2.75) is 51.0 Å². The van der Waals surface area contributed by atoms with Crippen LogP contribution in [-0.4, -0.2) is 34.0 Å². The molecular weight excluding hydrogens is 254 g/mol. The Morgan fingerprint density at radius 3 is 2.45 bits per heavy atom. The quantitative estimate of drug-likeness (QED) is 0.859. The van der Waals surface area contributed by atoms with E-state index in [1.165, 1.54) is 19.3 Å². The Morgan fingerprint density at radius 2 is 1.90 bits per heavy atom. The molecule has 1 saturated heterocycles. The first kappa shape index (κ1) is 12.7. The summed E-state index contributed by atoms with van der Waals surface area (Å²) < 4.78 is 0. The highest BCUT2D eigenvalue weighted by atomic mass is 16.4. The molecule has 0 radical (unpaired) electrons. The maximum Gasteiger partial charge on any atom is 0.329 e. The molecule has 0 aromatic rings. The van der Waals surface area contributed by atoms with Crippen LogP contribution in [0.1, 0.15) is 45.4 Å². The van der Waals surface area contributed by atoms with Crippen molar-refractivity contribution < 1.29 is 14.7 Å². The second-order valence-electron chi connectivity index (χ2n) is 7.30. The van der Waals surface area contributed by atoms with E-state index in [4.69, 9.17) is 0 Å². The summed E-state index contributed by atoms with van der Waals surface area (Å²) in [7, 11) is 0. The number of carbonyl (C=O) groups excluding carboxylic acids is 1. The van der Waals surface area contributed by atoms with Gasteiger partial charge >= 0.3 is 5.97 Å². The van der Waals surface area contributed by atoms with Crippen molar-refractivity contribution >= 4 is 11.9 Å². The zero-order valence-electron chi connectivity index (χ0n) is 12.0. The summed E-state index contributed by atoms with van der Waals surface area (Å²) in [5.74, 6) is 2.27. The standard InChI is InChI=1S/C16H23NO3/c1-2-16(15(19)20)6-3-7-17(16)14(18)13-11-9-4-5-10(8-9)12(11)13/h9-13H,2-8H2,1H3,(H,19,20). The highest BCUT2D eigenvalue weighted by molar-refractivity contribution is 5.90. The SMILES string of the molecule is CCC1(C(=O)O)CCCN1C(=O)C1C2C3CCC(C3)C12. The Hall–Kier alpha value is -1.06. The average molecular weight is 277 g/mol. The minimum Gasteiger partial charge on any atom is -0.479 e. The number of rotatable bonds is 3. The van der Waals surface area contributed by atoms with Gasteiger partial charge in [-0.1, -0.05) is 6.92 Å². The van der Waals surface area contributed by atoms with Crippen LogP contribution in [0.15, 0.2) is 0 Å². The van der Waals surface area contributed by atoms with E-state index in [1.54, 1.807) is 4.90 Å². The molecule has 4 fully saturated rings. The van der Waals surface area contributed by atoms with Gasteiger partial charge in [0.25, 0.3) is 0 Å². The third-order valence-electron chi connectivity index (χ3n) is 6.76. The van der Waals surface area contributed by atoms with Crippen LogP contribution >= 0.6 is 0 Å². The number of carbonyl (C=O) groups is 2. The van der Waals surface area contributed by atoms with Crippen LogP contribution < -0.4 is 0 Å². The van der Waals surface area contributed by atoms with Crippen LogP contribution in [0, 0.1) is 29.6 Å². The van der Waals surface area contributed by atoms with Gasteiger partial charge in [-0.25, -0.2) is 4.79 Å². The number of hydrogen-bond donors (Lipinski definition) is 1. The molecule has 3 saturated carbocycles. The molecule has 20 heavy (non-hydrogen) atoms. The summed E-state index contributed by atoms with van der Waals surface area (Å²) in [4.78, 5) is 26.3. The van der Waals surface area contributed by atoms with Crippen LogP contribution in [0.4, 0.5) is 0 Å². The third-order valence-corrected chi connectivity index (χ3v) is 6.76. The van der Waals surface area contributed by atoms with E-state index < -0.39 is 11.5 Å². The van der Waals surface area contributed by atoms with Crippen molar-refractivity contribution in [2.75, 3.05) is 6.54 Å². The van der Waals surface area contributed by atoms with Gasteiger partial charge in [0.2, 0.25) is 5.91 Å². The van der Waals surface area contributed by atoms with Crippen molar-refractivity contribution in [3.05, 3.63) is 0 Å². The number of aliphatic carboxylic acids is 1. The summed E-state index contributed by atoms with van der Waals surface area (Å²) in [6.07, 6.45) is 5.92. The Bertz CT molecular complexity index is 460. The average Bonchev–Trinajstić information content (AvgIpc) is 2.83. The first-order valence-corrected chi connectivity index (χ1v) is 8.15. The molecule has 4 nitrogen and oxygen atoms in total. The van der Waals surface area contributed by atoms with Crippen molar-refractivity contribution in [3.8, 4) is 0 Å². The monoisotopic (exact) mass is 277 g/mol. The fraction of sp³-hybridized carbons (Fsp3) is 0.875. The van der Waals surface area contributed by atoms with Gasteiger partial charge in [-0.05, 0) is 62.2 Å². The van der Waals surface area contributed by atoms with E-state index in [0.29, 0.717) is 31.2 Å². The summed E-state index contributed by atoms with van der Waals surface area (Å²) in [5, 5.41) is 9.61. The van der Waals surface area contributed by atoms with E-state index in [-0.39, 0.29) is 11.8 Å². The molecule has 2 bridgehead atoms. The minimum atomic E-state index is -0.910. The number of carboxylic acid groups (broad SMARTS) is 1. The lowest BCUT2D eigenvalue weighted by atomic mass is 9.92. The van der Waals surface area contributed by atoms with E-state index >= 15 is 0 Å². The number of fused-ring (bicyclic) bond motifs is 5. The van der Waals surface area contributed by atoms with Crippen LogP contribution in [0.3, 0.4) is 0 Å². The smallest absolute Gasteiger partial charge is 0.329 e. The molecule has 5 unspecified atom stereocenters. The van der Waals surface area contributed by atoms with Gasteiger partial charge in [0, 0.05) is 12.5 Å². The molecule has 4 aliphatic rings. The molecule has 4 rings (SSSR count). The molecule has 110 valence electrons. The second kappa shape index (κ2) is 3.99. The number of hydrogen-bond acceptors (Lipinski definition) is 2. The van der Waals surface area contributed by atoms with Gasteiger partial charge in [0.15, 0.2) is 0 Å². The fourth-order valence-corrected chi connectivity index (χ4v) is 5.78. The van der Waals surface area contributed by atoms with Crippen molar-refractivity contribution in [1.82, 2.24) is 4.90 Å². The highest BCUT2D eigenvalue weighted by Gasteiger charge is 2.69. The van der Waals surface area contributed by atoms with Gasteiger partial charge in [0.1, 0.15) is 5.54 Å². The van der Waals surface area contributed by atoms with Gasteiger partial charge in [-0.3, -0.25) is 4.79 Å². The topological polar surface area (TPSA) is 57.6 Å². The Kier molecular flexibility index (Phi) is 2.52. The molecule has 1 heterocycles. The van der Waals surface area contributed by atoms with E-state index in [9.17, 15) is 14.7 Å². The molecule has 0 aromatic heterocycles. The molecule has 4 heteroatoms. The van der Waals surface area contributed by atoms with E-state index in [1.807, 2.05) is 6.92 Å². The fourth-order valence-electron chi connectivity index (χ4n) is 5.78. The Morgan fingerprint density at radius 1 is 1.25 bits per heavy atom. The van der Waals surface area contributed by atoms with Crippen LogP contribution in [-0.2, 0) is 9.59 Å². The first-order chi connectivity index (χ1) is 9.60. The molecule has 1 aliphatic heterocycles. The second-order valence-corrected chi connectivity index (χ2v) is 7.30. The van der Waals surface area contributed by atoms with Crippen LogP contribution in [0.5, 0.6) is 0 Å². The summed E-state index contributed by atoms with van der Waals surface area (Å²) >= 11 is 0. The number of amides is 1. The first-order valence-electron chi connectivity index (χ1n) is 8.15. The van der Waals surface area contributed by atoms with E-state index in [2.05, 4.69) is 0 Å². The predicted molar refractivity (Wildman–Crippen MR) is 72.9 cm³/mol. The molecule has 5 atom stereocenters. The summed E-state index contributed by atoms with van der Waals surface area (Å²) in [5.41, 5.74) is -0.910. The van der Waals surface area contributed by atoms with Crippen molar-refractivity contribution in [2.24, 2.45) is 29.6 Å². The summed E-state index contributed by atoms with van der Waals surface area (Å²) in [6.45, 7) is 2.54. The van der Waals surface area contributed by atoms with Crippen LogP contribution in [0.2, 0.25) is 0 Å². The minimum absolute atomic E-state index is 0.165. The lowest BCUT2D eigenvalue weighted by Gasteiger charge is -2.34. The zero-order chi connectivity index (χ0) is 14.1. The third kappa shape index (κ3) is 1.38. The molecule has 1 amide bonds. The Balaban J connectivity index is 1.56. The number of likely N-dealkylation sites (tertiary alicyclic amines) is 1. The van der Waals surface area contributed by atoms with Crippen molar-refractivity contribution in [3.63, 3.8) is 0 Å². The van der Waals surface area contributed by atoms with Crippen molar-refractivity contribution in [1.29, 1.82) is 0 Å². The molecule has 0 spiro atoms. The van der Waals surface area contributed by atoms with Gasteiger partial charge < -0.3 is 10.0 Å². The lowest BCUT2D eigenvalue weighted by Crippen LogP contribution is -2.53. The molecular formula is C16H23NO3. The Labute approximate surface area is 119 Å². The lowest BCUT2D eigenvalue weighted by molar-refractivity contribution is -0.157. The number of carboxylic acids is 1. The predicted octanol–water partition coefficient (Wildman–Crippen LogP) is 2.13.